The minimum Gasteiger partial charge on any atom is -0.354 e. The molecule has 1 amide bonds. The first-order valence-electron chi connectivity index (χ1n) is 4.99. The molecule has 8 heteroatoms. The number of aryl methyl sites for hydroxylation is 1. The maximum absolute atomic E-state index is 11.9. The molecule has 0 aliphatic heterocycles. The van der Waals surface area contributed by atoms with Crippen LogP contribution in [-0.4, -0.2) is 32.5 Å². The van der Waals surface area contributed by atoms with Crippen LogP contribution in [0, 0.1) is 0 Å². The summed E-state index contributed by atoms with van der Waals surface area (Å²) in [4.78, 5) is 11.5. The van der Waals surface area contributed by atoms with Crippen LogP contribution >= 0.6 is 15.9 Å². The average Bonchev–Trinajstić information content (AvgIpc) is 2.68. The number of hydrogen-bond donors (Lipinski definition) is 2. The lowest BCUT2D eigenvalue weighted by atomic mass is 10.4. The predicted molar refractivity (Wildman–Crippen MR) is 72.1 cm³/mol. The van der Waals surface area contributed by atoms with Gasteiger partial charge in [-0.1, -0.05) is 22.5 Å². The molecule has 0 atom stereocenters. The Hall–Kier alpha value is -1.12. The van der Waals surface area contributed by atoms with Gasteiger partial charge in [-0.3, -0.25) is 4.79 Å². The largest absolute Gasteiger partial charge is 0.354 e. The van der Waals surface area contributed by atoms with E-state index in [4.69, 9.17) is 0 Å². The molecule has 0 unspecified atom stereocenters. The lowest BCUT2D eigenvalue weighted by Crippen LogP contribution is -2.24. The Morgan fingerprint density at radius 2 is 2.17 bits per heavy atom. The van der Waals surface area contributed by atoms with Crippen molar-refractivity contribution in [2.24, 2.45) is 7.05 Å². The molecule has 1 heterocycles. The molecule has 0 spiro atoms. The zero-order chi connectivity index (χ0) is 13.9. The second-order valence-corrected chi connectivity index (χ2v) is 6.48. The van der Waals surface area contributed by atoms with Crippen LogP contribution in [-0.2, 0) is 17.1 Å². The van der Waals surface area contributed by atoms with E-state index in [1.165, 1.54) is 23.9 Å². The number of sulfonamides is 1. The molecule has 1 aromatic heterocycles. The van der Waals surface area contributed by atoms with E-state index in [9.17, 15) is 13.2 Å². The zero-order valence-corrected chi connectivity index (χ0v) is 12.4. The van der Waals surface area contributed by atoms with Crippen LogP contribution in [0.2, 0.25) is 0 Å². The van der Waals surface area contributed by atoms with E-state index in [0.29, 0.717) is 4.48 Å². The Morgan fingerprint density at radius 1 is 1.56 bits per heavy atom. The maximum atomic E-state index is 11.9. The van der Waals surface area contributed by atoms with Crippen LogP contribution in [0.15, 0.2) is 28.2 Å². The van der Waals surface area contributed by atoms with E-state index in [1.807, 2.05) is 0 Å². The highest BCUT2D eigenvalue weighted by Crippen LogP contribution is 2.13. The smallest absolute Gasteiger partial charge is 0.267 e. The van der Waals surface area contributed by atoms with Gasteiger partial charge in [0.1, 0.15) is 10.6 Å². The molecule has 0 saturated carbocycles. The molecule has 0 saturated heterocycles. The van der Waals surface area contributed by atoms with Gasteiger partial charge in [0.05, 0.1) is 0 Å². The van der Waals surface area contributed by atoms with Crippen LogP contribution in [0.3, 0.4) is 0 Å². The summed E-state index contributed by atoms with van der Waals surface area (Å²) >= 11 is 3.06. The zero-order valence-electron chi connectivity index (χ0n) is 10.0. The van der Waals surface area contributed by atoms with Crippen molar-refractivity contribution < 1.29 is 13.2 Å². The van der Waals surface area contributed by atoms with Crippen LogP contribution in [0.5, 0.6) is 0 Å². The summed E-state index contributed by atoms with van der Waals surface area (Å²) in [6.45, 7) is 3.63. The summed E-state index contributed by atoms with van der Waals surface area (Å²) in [5.74, 6) is -0.344. The van der Waals surface area contributed by atoms with Gasteiger partial charge in [-0.15, -0.1) is 0 Å². The van der Waals surface area contributed by atoms with Crippen molar-refractivity contribution >= 4 is 31.9 Å². The lowest BCUT2D eigenvalue weighted by Gasteiger charge is -2.02. The van der Waals surface area contributed by atoms with Crippen LogP contribution in [0.4, 0.5) is 0 Å². The van der Waals surface area contributed by atoms with E-state index >= 15 is 0 Å². The van der Waals surface area contributed by atoms with E-state index < -0.39 is 10.0 Å². The molecule has 0 bridgehead atoms. The number of nitrogens with one attached hydrogen (secondary N) is 2. The number of halogens is 1. The quantitative estimate of drug-likeness (QED) is 0.825. The third-order valence-electron chi connectivity index (χ3n) is 2.20. The number of carbonyl (C=O) groups excluding carboxylic acids is 1. The fraction of sp³-hybridized carbons (Fsp3) is 0.300. The van der Waals surface area contributed by atoms with Crippen molar-refractivity contribution in [2.45, 2.75) is 4.90 Å². The number of nitrogens with zero attached hydrogens (tertiary/aromatic N) is 1. The van der Waals surface area contributed by atoms with Gasteiger partial charge in [-0.05, 0) is 6.07 Å². The molecule has 0 radical (unpaired) electrons. The Morgan fingerprint density at radius 3 is 2.67 bits per heavy atom. The molecular weight excluding hydrogens is 322 g/mol. The van der Waals surface area contributed by atoms with Gasteiger partial charge >= 0.3 is 0 Å². The summed E-state index contributed by atoms with van der Waals surface area (Å²) in [6, 6.07) is 1.32. The van der Waals surface area contributed by atoms with Crippen molar-refractivity contribution in [3.8, 4) is 0 Å². The highest BCUT2D eigenvalue weighted by Gasteiger charge is 2.19. The topological polar surface area (TPSA) is 80.2 Å². The van der Waals surface area contributed by atoms with Gasteiger partial charge < -0.3 is 9.88 Å². The second kappa shape index (κ2) is 5.68. The number of carbonyl (C=O) groups is 1. The minimum atomic E-state index is -3.64. The van der Waals surface area contributed by atoms with Gasteiger partial charge in [0.15, 0.2) is 0 Å². The highest BCUT2D eigenvalue weighted by molar-refractivity contribution is 9.11. The van der Waals surface area contributed by atoms with E-state index in [1.54, 1.807) is 7.05 Å². The molecule has 18 heavy (non-hydrogen) atoms. The van der Waals surface area contributed by atoms with Gasteiger partial charge in [-0.25, -0.2) is 13.1 Å². The monoisotopic (exact) mass is 335 g/mol. The van der Waals surface area contributed by atoms with E-state index in [2.05, 4.69) is 32.5 Å². The Kier molecular flexibility index (Phi) is 4.71. The third kappa shape index (κ3) is 3.44. The fourth-order valence-corrected chi connectivity index (χ4v) is 2.71. The molecule has 0 aromatic carbocycles. The molecule has 0 aliphatic carbocycles. The first-order valence-corrected chi connectivity index (χ1v) is 7.27. The van der Waals surface area contributed by atoms with Gasteiger partial charge in [0, 0.05) is 31.3 Å². The summed E-state index contributed by atoms with van der Waals surface area (Å²) < 4.78 is 28.1. The van der Waals surface area contributed by atoms with E-state index in [0.717, 1.165) is 0 Å². The fourth-order valence-electron chi connectivity index (χ4n) is 1.29. The molecule has 100 valence electrons. The SMILES string of the molecule is C=C(Br)CNS(=O)(=O)c1cc(C(=O)NC)n(C)c1. The maximum Gasteiger partial charge on any atom is 0.267 e. The van der Waals surface area contributed by atoms with Gasteiger partial charge in [-0.2, -0.15) is 0 Å². The number of aromatic nitrogens is 1. The lowest BCUT2D eigenvalue weighted by molar-refractivity contribution is 0.0955. The normalized spacial score (nSPS) is 11.3. The number of hydrogen-bond acceptors (Lipinski definition) is 3. The molecule has 0 fully saturated rings. The van der Waals surface area contributed by atoms with Crippen molar-refractivity contribution in [1.29, 1.82) is 0 Å². The van der Waals surface area contributed by atoms with E-state index in [-0.39, 0.29) is 23.0 Å². The minimum absolute atomic E-state index is 0.0392. The molecule has 1 aromatic rings. The van der Waals surface area contributed by atoms with Gasteiger partial charge in [0.2, 0.25) is 10.0 Å². The molecule has 6 nitrogen and oxygen atoms in total. The van der Waals surface area contributed by atoms with Crippen molar-refractivity contribution in [1.82, 2.24) is 14.6 Å². The third-order valence-corrected chi connectivity index (χ3v) is 3.85. The van der Waals surface area contributed by atoms with Crippen molar-refractivity contribution in [2.75, 3.05) is 13.6 Å². The Bertz CT molecular complexity index is 577. The van der Waals surface area contributed by atoms with Gasteiger partial charge in [0.25, 0.3) is 5.91 Å². The highest BCUT2D eigenvalue weighted by atomic mass is 79.9. The average molecular weight is 336 g/mol. The van der Waals surface area contributed by atoms with Crippen molar-refractivity contribution in [3.05, 3.63) is 29.0 Å². The molecule has 0 aliphatic rings. The van der Waals surface area contributed by atoms with Crippen molar-refractivity contribution in [3.63, 3.8) is 0 Å². The first-order chi connectivity index (χ1) is 8.27. The molecule has 2 N–H and O–H groups in total. The number of amides is 1. The second-order valence-electron chi connectivity index (χ2n) is 3.59. The Balaban J connectivity index is 3.04. The van der Waals surface area contributed by atoms with Crippen LogP contribution < -0.4 is 10.0 Å². The molecular formula is C10H14BrN3O3S. The summed E-state index contributed by atoms with van der Waals surface area (Å²) in [5, 5.41) is 2.44. The molecule has 1 rings (SSSR count). The number of rotatable bonds is 5. The van der Waals surface area contributed by atoms with Crippen LogP contribution in [0.1, 0.15) is 10.5 Å². The predicted octanol–water partition coefficient (Wildman–Crippen LogP) is 0.572. The Labute approximate surface area is 114 Å². The standard InChI is InChI=1S/C10H14BrN3O3S/c1-7(11)5-13-18(16,17)8-4-9(10(15)12-2)14(3)6-8/h4,6,13H,1,5H2,2-3H3,(H,12,15). The first kappa shape index (κ1) is 14.9. The summed E-state index contributed by atoms with van der Waals surface area (Å²) in [6.07, 6.45) is 1.38. The van der Waals surface area contributed by atoms with Crippen LogP contribution in [0.25, 0.3) is 0 Å². The summed E-state index contributed by atoms with van der Waals surface area (Å²) in [5.41, 5.74) is 0.274. The summed E-state index contributed by atoms with van der Waals surface area (Å²) in [7, 11) is -0.554.